The molecule has 0 fully saturated rings. The van der Waals surface area contributed by atoms with E-state index < -0.39 is 22.5 Å². The van der Waals surface area contributed by atoms with Crippen LogP contribution in [-0.4, -0.2) is 24.6 Å². The van der Waals surface area contributed by atoms with Crippen LogP contribution < -0.4 is 22.5 Å². The Morgan fingerprint density at radius 3 is 1.55 bits per heavy atom. The number of nitrogens with zero attached hydrogens (tertiary/aromatic N) is 2. The van der Waals surface area contributed by atoms with Gasteiger partial charge in [0.25, 0.3) is 11.1 Å². The Balaban J connectivity index is 0.00000200. The van der Waals surface area contributed by atoms with Gasteiger partial charge in [-0.1, -0.05) is 0 Å². The minimum atomic E-state index is -0.545. The second kappa shape index (κ2) is 5.53. The summed E-state index contributed by atoms with van der Waals surface area (Å²) in [6.45, 7) is 0. The molecule has 0 radical (unpaired) electrons. The third-order valence-corrected chi connectivity index (χ3v) is 2.74. The minimum Gasteiger partial charge on any atom is -0.412 e. The number of aryl methyl sites for hydroxylation is 2. The molecule has 20 heavy (non-hydrogen) atoms. The Labute approximate surface area is 111 Å². The number of rotatable bonds is 2. The summed E-state index contributed by atoms with van der Waals surface area (Å²) in [4.78, 5) is 49.9. The first kappa shape index (κ1) is 15.4. The standard InChI is InChI=1S/C11H12N4O4.H2O/c1-14-4-6(8(16)12-10(14)18)3-7-5-15(2)11(19)13-9(7)17;/h4-5H,3H2,1-2H3,(H,12,16,18)(H,13,17,19);1H2. The lowest BCUT2D eigenvalue weighted by Crippen LogP contribution is -2.33. The van der Waals surface area contributed by atoms with Gasteiger partial charge in [0.05, 0.1) is 0 Å². The van der Waals surface area contributed by atoms with E-state index >= 15 is 0 Å². The van der Waals surface area contributed by atoms with Gasteiger partial charge in [0, 0.05) is 44.0 Å². The van der Waals surface area contributed by atoms with Crippen molar-refractivity contribution in [1.82, 2.24) is 19.1 Å². The highest BCUT2D eigenvalue weighted by Crippen LogP contribution is 1.97. The summed E-state index contributed by atoms with van der Waals surface area (Å²) in [7, 11) is 2.99. The largest absolute Gasteiger partial charge is 0.412 e. The Hall–Kier alpha value is -2.68. The summed E-state index contributed by atoms with van der Waals surface area (Å²) in [5.41, 5.74) is -1.60. The number of aromatic nitrogens is 4. The van der Waals surface area contributed by atoms with Gasteiger partial charge in [-0.05, 0) is 0 Å². The average molecular weight is 282 g/mol. The van der Waals surface area contributed by atoms with Gasteiger partial charge in [-0.3, -0.25) is 19.6 Å². The lowest BCUT2D eigenvalue weighted by atomic mass is 10.1. The highest BCUT2D eigenvalue weighted by atomic mass is 16.2. The van der Waals surface area contributed by atoms with E-state index in [2.05, 4.69) is 9.97 Å². The van der Waals surface area contributed by atoms with Crippen LogP contribution in [0.5, 0.6) is 0 Å². The third kappa shape index (κ3) is 2.83. The fourth-order valence-electron chi connectivity index (χ4n) is 1.69. The molecule has 0 spiro atoms. The van der Waals surface area contributed by atoms with Crippen LogP contribution in [0.2, 0.25) is 0 Å². The maximum atomic E-state index is 11.6. The first-order valence-electron chi connectivity index (χ1n) is 5.46. The van der Waals surface area contributed by atoms with Crippen molar-refractivity contribution >= 4 is 0 Å². The molecule has 4 N–H and O–H groups in total. The molecule has 0 amide bonds. The van der Waals surface area contributed by atoms with Crippen molar-refractivity contribution in [3.8, 4) is 0 Å². The fraction of sp³-hybridized carbons (Fsp3) is 0.273. The first-order valence-corrected chi connectivity index (χ1v) is 5.46. The average Bonchev–Trinajstić information content (AvgIpc) is 2.32. The molecule has 0 bridgehead atoms. The summed E-state index contributed by atoms with van der Waals surface area (Å²) in [6, 6.07) is 0. The number of hydrogen-bond donors (Lipinski definition) is 2. The van der Waals surface area contributed by atoms with Gasteiger partial charge in [0.15, 0.2) is 0 Å². The van der Waals surface area contributed by atoms with Crippen molar-refractivity contribution in [3.63, 3.8) is 0 Å². The molecular weight excluding hydrogens is 268 g/mol. The monoisotopic (exact) mass is 282 g/mol. The molecule has 0 aromatic carbocycles. The smallest absolute Gasteiger partial charge is 0.328 e. The molecule has 0 atom stereocenters. The van der Waals surface area contributed by atoms with Crippen molar-refractivity contribution in [1.29, 1.82) is 0 Å². The van der Waals surface area contributed by atoms with Gasteiger partial charge in [0.1, 0.15) is 0 Å². The zero-order valence-electron chi connectivity index (χ0n) is 10.9. The number of nitrogens with one attached hydrogen (secondary N) is 2. The second-order valence-electron chi connectivity index (χ2n) is 4.23. The van der Waals surface area contributed by atoms with E-state index in [0.717, 1.165) is 0 Å². The van der Waals surface area contributed by atoms with Crippen LogP contribution in [0.1, 0.15) is 11.1 Å². The van der Waals surface area contributed by atoms with E-state index in [9.17, 15) is 19.2 Å². The maximum absolute atomic E-state index is 11.6. The van der Waals surface area contributed by atoms with Gasteiger partial charge in [-0.2, -0.15) is 0 Å². The van der Waals surface area contributed by atoms with Crippen molar-refractivity contribution in [2.75, 3.05) is 0 Å². The van der Waals surface area contributed by atoms with E-state index in [4.69, 9.17) is 0 Å². The van der Waals surface area contributed by atoms with Gasteiger partial charge in [-0.25, -0.2) is 9.59 Å². The zero-order valence-corrected chi connectivity index (χ0v) is 10.9. The van der Waals surface area contributed by atoms with Crippen LogP contribution in [0.3, 0.4) is 0 Å². The number of aromatic amines is 2. The molecule has 2 rings (SSSR count). The predicted octanol–water partition coefficient (Wildman–Crippen LogP) is -2.77. The summed E-state index contributed by atoms with van der Waals surface area (Å²) in [5.74, 6) is 0. The highest BCUT2D eigenvalue weighted by molar-refractivity contribution is 5.17. The van der Waals surface area contributed by atoms with Crippen LogP contribution in [-0.2, 0) is 20.5 Å². The van der Waals surface area contributed by atoms with Crippen molar-refractivity contribution < 1.29 is 5.48 Å². The Bertz CT molecular complexity index is 783. The fourth-order valence-corrected chi connectivity index (χ4v) is 1.69. The first-order chi connectivity index (χ1) is 8.88. The molecule has 2 heterocycles. The molecule has 0 aliphatic heterocycles. The van der Waals surface area contributed by atoms with E-state index in [1.54, 1.807) is 0 Å². The summed E-state index contributed by atoms with van der Waals surface area (Å²) in [5, 5.41) is 0. The van der Waals surface area contributed by atoms with Crippen LogP contribution in [0, 0.1) is 0 Å². The minimum absolute atomic E-state index is 0. The molecule has 0 saturated carbocycles. The van der Waals surface area contributed by atoms with E-state index in [0.29, 0.717) is 0 Å². The summed E-state index contributed by atoms with van der Waals surface area (Å²) >= 11 is 0. The molecule has 2 aromatic heterocycles. The van der Waals surface area contributed by atoms with Crippen molar-refractivity contribution in [2.24, 2.45) is 14.1 Å². The highest BCUT2D eigenvalue weighted by Gasteiger charge is 2.08. The van der Waals surface area contributed by atoms with Crippen LogP contribution in [0.4, 0.5) is 0 Å². The van der Waals surface area contributed by atoms with E-state index in [1.165, 1.54) is 35.6 Å². The zero-order chi connectivity index (χ0) is 14.2. The Morgan fingerprint density at radius 1 is 0.850 bits per heavy atom. The van der Waals surface area contributed by atoms with Gasteiger partial charge < -0.3 is 14.6 Å². The van der Waals surface area contributed by atoms with Gasteiger partial charge >= 0.3 is 11.4 Å². The SMILES string of the molecule is Cn1cc(Cc2cn(C)c(=O)[nH]c2=O)c(=O)[nH]c1=O.O. The molecule has 9 heteroatoms. The number of H-pyrrole nitrogens is 2. The third-order valence-electron chi connectivity index (χ3n) is 2.74. The maximum Gasteiger partial charge on any atom is 0.328 e. The summed E-state index contributed by atoms with van der Waals surface area (Å²) in [6.07, 6.45) is 2.77. The normalized spacial score (nSPS) is 10.1. The second-order valence-corrected chi connectivity index (χ2v) is 4.23. The Morgan fingerprint density at radius 2 is 1.20 bits per heavy atom. The van der Waals surface area contributed by atoms with Gasteiger partial charge in [0.2, 0.25) is 0 Å². The summed E-state index contributed by atoms with van der Waals surface area (Å²) < 4.78 is 2.43. The van der Waals surface area contributed by atoms with E-state index in [-0.39, 0.29) is 23.0 Å². The Kier molecular flexibility index (Phi) is 4.25. The van der Waals surface area contributed by atoms with E-state index in [1.807, 2.05) is 0 Å². The lowest BCUT2D eigenvalue weighted by Gasteiger charge is -2.04. The molecule has 0 saturated heterocycles. The molecule has 2 aromatic rings. The van der Waals surface area contributed by atoms with Crippen molar-refractivity contribution in [3.05, 3.63) is 65.2 Å². The van der Waals surface area contributed by atoms with Crippen LogP contribution in [0.25, 0.3) is 0 Å². The topological polar surface area (TPSA) is 141 Å². The molecule has 0 unspecified atom stereocenters. The molecular formula is C11H14N4O5. The van der Waals surface area contributed by atoms with Gasteiger partial charge in [-0.15, -0.1) is 0 Å². The number of hydrogen-bond acceptors (Lipinski definition) is 4. The molecule has 0 aliphatic carbocycles. The predicted molar refractivity (Wildman–Crippen MR) is 71.0 cm³/mol. The molecule has 108 valence electrons. The molecule has 0 aliphatic rings. The quantitative estimate of drug-likeness (QED) is 0.614. The molecule has 9 nitrogen and oxygen atoms in total. The van der Waals surface area contributed by atoms with Crippen LogP contribution in [0.15, 0.2) is 31.6 Å². The lowest BCUT2D eigenvalue weighted by molar-refractivity contribution is 0.763. The van der Waals surface area contributed by atoms with Crippen molar-refractivity contribution in [2.45, 2.75) is 6.42 Å². The van der Waals surface area contributed by atoms with Crippen LogP contribution >= 0.6 is 0 Å².